The Bertz CT molecular complexity index is 810. The highest BCUT2D eigenvalue weighted by molar-refractivity contribution is 6.01. The van der Waals surface area contributed by atoms with Crippen LogP contribution in [0.4, 0.5) is 0 Å². The van der Waals surface area contributed by atoms with Crippen LogP contribution >= 0.6 is 0 Å². The molecule has 1 atom stereocenters. The van der Waals surface area contributed by atoms with Gasteiger partial charge in [-0.1, -0.05) is 0 Å². The van der Waals surface area contributed by atoms with E-state index < -0.39 is 5.97 Å². The summed E-state index contributed by atoms with van der Waals surface area (Å²) >= 11 is 0. The predicted octanol–water partition coefficient (Wildman–Crippen LogP) is 2.84. The molecule has 0 fully saturated rings. The molecule has 2 aromatic rings. The van der Waals surface area contributed by atoms with Gasteiger partial charge in [0.2, 0.25) is 0 Å². The minimum atomic E-state index is -1.10. The molecule has 0 aliphatic carbocycles. The number of hydrogen-bond acceptors (Lipinski definition) is 4. The van der Waals surface area contributed by atoms with Gasteiger partial charge in [-0.2, -0.15) is 0 Å². The highest BCUT2D eigenvalue weighted by atomic mass is 16.5. The van der Waals surface area contributed by atoms with Crippen molar-refractivity contribution in [3.8, 4) is 11.5 Å². The number of carbonyl (C=O) groups is 2. The summed E-state index contributed by atoms with van der Waals surface area (Å²) < 4.78 is 10.6. The van der Waals surface area contributed by atoms with Crippen LogP contribution < -0.4 is 14.8 Å². The average molecular weight is 346 g/mol. The zero-order valence-corrected chi connectivity index (χ0v) is 14.9. The van der Waals surface area contributed by atoms with E-state index in [1.807, 2.05) is 6.92 Å². The molecule has 7 nitrogen and oxygen atoms in total. The van der Waals surface area contributed by atoms with Crippen LogP contribution in [-0.4, -0.2) is 36.2 Å². The van der Waals surface area contributed by atoms with E-state index in [0.717, 1.165) is 5.56 Å². The molecule has 3 N–H and O–H groups in total. The van der Waals surface area contributed by atoms with E-state index in [0.29, 0.717) is 28.3 Å². The van der Waals surface area contributed by atoms with Crippen molar-refractivity contribution in [3.63, 3.8) is 0 Å². The summed E-state index contributed by atoms with van der Waals surface area (Å²) in [6.45, 7) is 5.11. The molecule has 7 heteroatoms. The lowest BCUT2D eigenvalue weighted by atomic mass is 10.0. The molecule has 134 valence electrons. The van der Waals surface area contributed by atoms with Gasteiger partial charge in [0, 0.05) is 11.3 Å². The van der Waals surface area contributed by atoms with Gasteiger partial charge in [0.05, 0.1) is 25.8 Å². The number of H-pyrrole nitrogens is 1. The van der Waals surface area contributed by atoms with Gasteiger partial charge in [-0.3, -0.25) is 4.79 Å². The Morgan fingerprint density at radius 2 is 1.88 bits per heavy atom. The highest BCUT2D eigenvalue weighted by Gasteiger charge is 2.23. The molecule has 0 saturated heterocycles. The van der Waals surface area contributed by atoms with Gasteiger partial charge in [-0.15, -0.1) is 0 Å². The van der Waals surface area contributed by atoms with Crippen molar-refractivity contribution in [3.05, 3.63) is 46.3 Å². The standard InChI is InChI=1S/C18H22N2O5/c1-9-15(11(3)19-16(9)18(22)23)17(21)20-10(2)13-8-12(24-4)6-7-14(13)25-5/h6-8,10,19H,1-5H3,(H,20,21)(H,22,23)/t10-/m1/s1. The topological polar surface area (TPSA) is 101 Å². The Hall–Kier alpha value is -2.96. The maximum atomic E-state index is 12.7. The number of amides is 1. The van der Waals surface area contributed by atoms with Crippen molar-refractivity contribution < 1.29 is 24.2 Å². The Kier molecular flexibility index (Phi) is 5.36. The Balaban J connectivity index is 2.31. The van der Waals surface area contributed by atoms with E-state index in [1.54, 1.807) is 46.3 Å². The predicted molar refractivity (Wildman–Crippen MR) is 92.7 cm³/mol. The number of methoxy groups -OCH3 is 2. The molecule has 0 aliphatic heterocycles. The van der Waals surface area contributed by atoms with Crippen LogP contribution in [-0.2, 0) is 0 Å². The minimum Gasteiger partial charge on any atom is -0.497 e. The van der Waals surface area contributed by atoms with E-state index in [-0.39, 0.29) is 17.6 Å². The summed E-state index contributed by atoms with van der Waals surface area (Å²) in [4.78, 5) is 26.6. The number of aromatic carboxylic acids is 1. The van der Waals surface area contributed by atoms with Crippen LogP contribution in [0.25, 0.3) is 0 Å². The molecule has 0 aliphatic rings. The fraction of sp³-hybridized carbons (Fsp3) is 0.333. The largest absolute Gasteiger partial charge is 0.497 e. The summed E-state index contributed by atoms with van der Waals surface area (Å²) in [5.74, 6) is -0.167. The maximum Gasteiger partial charge on any atom is 0.352 e. The lowest BCUT2D eigenvalue weighted by Crippen LogP contribution is -2.27. The van der Waals surface area contributed by atoms with E-state index in [9.17, 15) is 14.7 Å². The number of rotatable bonds is 6. The van der Waals surface area contributed by atoms with Gasteiger partial charge < -0.3 is 24.9 Å². The highest BCUT2D eigenvalue weighted by Crippen LogP contribution is 2.29. The molecular weight excluding hydrogens is 324 g/mol. The first kappa shape index (κ1) is 18.4. The van der Waals surface area contributed by atoms with Crippen LogP contribution in [0.2, 0.25) is 0 Å². The molecule has 1 aromatic carbocycles. The van der Waals surface area contributed by atoms with E-state index in [2.05, 4.69) is 10.3 Å². The van der Waals surface area contributed by atoms with Gasteiger partial charge in [-0.25, -0.2) is 4.79 Å². The van der Waals surface area contributed by atoms with Gasteiger partial charge >= 0.3 is 5.97 Å². The third kappa shape index (κ3) is 3.60. The molecule has 0 radical (unpaired) electrons. The van der Waals surface area contributed by atoms with Crippen LogP contribution in [0.3, 0.4) is 0 Å². The normalized spacial score (nSPS) is 11.7. The number of benzene rings is 1. The first-order valence-electron chi connectivity index (χ1n) is 7.75. The molecule has 0 unspecified atom stereocenters. The minimum absolute atomic E-state index is 0.0225. The zero-order chi connectivity index (χ0) is 18.7. The van der Waals surface area contributed by atoms with Crippen molar-refractivity contribution in [2.75, 3.05) is 14.2 Å². The first-order chi connectivity index (χ1) is 11.8. The fourth-order valence-electron chi connectivity index (χ4n) is 2.83. The van der Waals surface area contributed by atoms with Crippen molar-refractivity contribution in [1.29, 1.82) is 0 Å². The van der Waals surface area contributed by atoms with Crippen LogP contribution in [0.15, 0.2) is 18.2 Å². The molecule has 0 bridgehead atoms. The van der Waals surface area contributed by atoms with Gasteiger partial charge in [0.25, 0.3) is 5.91 Å². The van der Waals surface area contributed by atoms with E-state index in [1.165, 1.54) is 0 Å². The second kappa shape index (κ2) is 7.29. The Labute approximate surface area is 146 Å². The molecule has 1 heterocycles. The smallest absolute Gasteiger partial charge is 0.352 e. The molecule has 0 saturated carbocycles. The summed E-state index contributed by atoms with van der Waals surface area (Å²) in [6, 6.07) is 4.98. The zero-order valence-electron chi connectivity index (χ0n) is 14.9. The number of carboxylic acids is 1. The Morgan fingerprint density at radius 3 is 2.40 bits per heavy atom. The molecular formula is C18H22N2O5. The molecule has 1 amide bonds. The lowest BCUT2D eigenvalue weighted by Gasteiger charge is -2.18. The van der Waals surface area contributed by atoms with Crippen molar-refractivity contribution in [1.82, 2.24) is 10.3 Å². The number of hydrogen-bond donors (Lipinski definition) is 3. The second-order valence-electron chi connectivity index (χ2n) is 5.73. The summed E-state index contributed by atoms with van der Waals surface area (Å²) in [5.41, 5.74) is 2.05. The third-order valence-corrected chi connectivity index (χ3v) is 4.13. The van der Waals surface area contributed by atoms with Crippen molar-refractivity contribution in [2.24, 2.45) is 0 Å². The molecule has 2 rings (SSSR count). The maximum absolute atomic E-state index is 12.7. The average Bonchev–Trinajstić information content (AvgIpc) is 2.88. The number of carbonyl (C=O) groups excluding carboxylic acids is 1. The fourth-order valence-corrected chi connectivity index (χ4v) is 2.83. The van der Waals surface area contributed by atoms with Crippen LogP contribution in [0.1, 0.15) is 50.6 Å². The molecule has 0 spiro atoms. The molecule has 25 heavy (non-hydrogen) atoms. The summed E-state index contributed by atoms with van der Waals surface area (Å²) in [6.07, 6.45) is 0. The Morgan fingerprint density at radius 1 is 1.20 bits per heavy atom. The van der Waals surface area contributed by atoms with Crippen LogP contribution in [0, 0.1) is 13.8 Å². The number of aryl methyl sites for hydroxylation is 1. The number of aromatic nitrogens is 1. The SMILES string of the molecule is COc1ccc(OC)c([C@@H](C)NC(=O)c2c(C)[nH]c(C(=O)O)c2C)c1. The van der Waals surface area contributed by atoms with Crippen molar-refractivity contribution in [2.45, 2.75) is 26.8 Å². The number of carboxylic acid groups (broad SMARTS) is 1. The third-order valence-electron chi connectivity index (χ3n) is 4.13. The lowest BCUT2D eigenvalue weighted by molar-refractivity contribution is 0.0690. The second-order valence-corrected chi connectivity index (χ2v) is 5.73. The number of ether oxygens (including phenoxy) is 2. The van der Waals surface area contributed by atoms with Gasteiger partial charge in [-0.05, 0) is 44.5 Å². The van der Waals surface area contributed by atoms with Crippen molar-refractivity contribution >= 4 is 11.9 Å². The van der Waals surface area contributed by atoms with Gasteiger partial charge in [0.1, 0.15) is 17.2 Å². The summed E-state index contributed by atoms with van der Waals surface area (Å²) in [7, 11) is 3.12. The number of aromatic amines is 1. The first-order valence-corrected chi connectivity index (χ1v) is 7.75. The van der Waals surface area contributed by atoms with E-state index in [4.69, 9.17) is 9.47 Å². The quantitative estimate of drug-likeness (QED) is 0.747. The van der Waals surface area contributed by atoms with Crippen LogP contribution in [0.5, 0.6) is 11.5 Å². The van der Waals surface area contributed by atoms with E-state index >= 15 is 0 Å². The number of nitrogens with one attached hydrogen (secondary N) is 2. The molecule has 1 aromatic heterocycles. The summed E-state index contributed by atoms with van der Waals surface area (Å²) in [5, 5.41) is 12.1. The van der Waals surface area contributed by atoms with Gasteiger partial charge in [0.15, 0.2) is 0 Å². The monoisotopic (exact) mass is 346 g/mol.